The van der Waals surface area contributed by atoms with Crippen LogP contribution in [0.5, 0.6) is 0 Å². The van der Waals surface area contributed by atoms with Gasteiger partial charge in [-0.25, -0.2) is 0 Å². The number of esters is 2. The van der Waals surface area contributed by atoms with Crippen LogP contribution in [-0.2, 0) is 38.0 Å². The molecule has 9 nitrogen and oxygen atoms in total. The Bertz CT molecular complexity index is 400. The third-order valence-electron chi connectivity index (χ3n) is 3.43. The summed E-state index contributed by atoms with van der Waals surface area (Å²) >= 11 is 0. The Balaban J connectivity index is 3.10. The van der Waals surface area contributed by atoms with Crippen LogP contribution in [-0.4, -0.2) is 81.8 Å². The van der Waals surface area contributed by atoms with Crippen molar-refractivity contribution >= 4 is 11.9 Å². The van der Waals surface area contributed by atoms with Crippen molar-refractivity contribution in [1.29, 1.82) is 0 Å². The standard InChI is InChI=1S/C14H24O9/c1-7(15)21-12-10(9(19-4)6-18-3)23-14(17)13(11(12)20-5)22-8(2)16/h9-14,17H,6H2,1-5H3/t9-,10-,11+,12-,13-,14-/m1/s1. The van der Waals surface area contributed by atoms with Gasteiger partial charge < -0.3 is 33.5 Å². The highest BCUT2D eigenvalue weighted by Crippen LogP contribution is 2.29. The molecule has 1 aliphatic heterocycles. The van der Waals surface area contributed by atoms with Crippen LogP contribution in [0.4, 0.5) is 0 Å². The molecule has 134 valence electrons. The number of ether oxygens (including phenoxy) is 6. The zero-order valence-corrected chi connectivity index (χ0v) is 13.9. The van der Waals surface area contributed by atoms with Crippen molar-refractivity contribution in [3.8, 4) is 0 Å². The van der Waals surface area contributed by atoms with E-state index < -0.39 is 48.7 Å². The van der Waals surface area contributed by atoms with E-state index in [-0.39, 0.29) is 6.61 Å². The van der Waals surface area contributed by atoms with Gasteiger partial charge in [0.1, 0.15) is 18.3 Å². The first-order chi connectivity index (χ1) is 10.8. The fourth-order valence-electron chi connectivity index (χ4n) is 2.52. The number of hydrogen-bond donors (Lipinski definition) is 1. The summed E-state index contributed by atoms with van der Waals surface area (Å²) in [5.74, 6) is -1.20. The van der Waals surface area contributed by atoms with Gasteiger partial charge in [0.15, 0.2) is 18.5 Å². The highest BCUT2D eigenvalue weighted by atomic mass is 16.7. The summed E-state index contributed by atoms with van der Waals surface area (Å²) in [7, 11) is 4.26. The highest BCUT2D eigenvalue weighted by molar-refractivity contribution is 5.67. The van der Waals surface area contributed by atoms with Gasteiger partial charge in [0.2, 0.25) is 0 Å². The predicted octanol–water partition coefficient (Wildman–Crippen LogP) is -0.757. The van der Waals surface area contributed by atoms with Crippen LogP contribution in [0.1, 0.15) is 13.8 Å². The minimum Gasteiger partial charge on any atom is -0.457 e. The Morgan fingerprint density at radius 2 is 1.61 bits per heavy atom. The molecule has 0 aromatic carbocycles. The van der Waals surface area contributed by atoms with Gasteiger partial charge in [-0.2, -0.15) is 0 Å². The van der Waals surface area contributed by atoms with Gasteiger partial charge in [0.05, 0.1) is 6.61 Å². The fraction of sp³-hybridized carbons (Fsp3) is 0.857. The Morgan fingerprint density at radius 3 is 2.04 bits per heavy atom. The summed E-state index contributed by atoms with van der Waals surface area (Å²) < 4.78 is 31.4. The van der Waals surface area contributed by atoms with E-state index in [2.05, 4.69) is 0 Å². The zero-order chi connectivity index (χ0) is 17.6. The molecule has 1 N–H and O–H groups in total. The van der Waals surface area contributed by atoms with Gasteiger partial charge in [-0.15, -0.1) is 0 Å². The van der Waals surface area contributed by atoms with Gasteiger partial charge in [-0.05, 0) is 0 Å². The molecule has 1 rings (SSSR count). The molecule has 0 saturated carbocycles. The van der Waals surface area contributed by atoms with Crippen molar-refractivity contribution in [2.24, 2.45) is 0 Å². The first-order valence-corrected chi connectivity index (χ1v) is 7.08. The average molecular weight is 336 g/mol. The number of methoxy groups -OCH3 is 3. The molecule has 0 aliphatic carbocycles. The molecule has 6 atom stereocenters. The molecule has 23 heavy (non-hydrogen) atoms. The predicted molar refractivity (Wildman–Crippen MR) is 75.5 cm³/mol. The minimum absolute atomic E-state index is 0.139. The van der Waals surface area contributed by atoms with Crippen LogP contribution in [0.2, 0.25) is 0 Å². The second-order valence-corrected chi connectivity index (χ2v) is 5.07. The second kappa shape index (κ2) is 9.14. The normalized spacial score (nSPS) is 32.2. The molecule has 0 unspecified atom stereocenters. The molecule has 1 fully saturated rings. The number of aliphatic hydroxyl groups excluding tert-OH is 1. The third kappa shape index (κ3) is 5.11. The van der Waals surface area contributed by atoms with Crippen molar-refractivity contribution in [2.75, 3.05) is 27.9 Å². The maximum atomic E-state index is 11.4. The van der Waals surface area contributed by atoms with Gasteiger partial charge in [0, 0.05) is 35.2 Å². The third-order valence-corrected chi connectivity index (χ3v) is 3.43. The zero-order valence-electron chi connectivity index (χ0n) is 13.9. The molecule has 9 heteroatoms. The van der Waals surface area contributed by atoms with E-state index >= 15 is 0 Å². The van der Waals surface area contributed by atoms with Gasteiger partial charge in [-0.1, -0.05) is 0 Å². The molecule has 0 spiro atoms. The SMILES string of the molecule is COC[C@@H](OC)[C@H]1O[C@@H](O)[C@H](OC(C)=O)[C@@H](OC)[C@@H]1OC(C)=O. The van der Waals surface area contributed by atoms with E-state index in [0.29, 0.717) is 0 Å². The molecule has 1 heterocycles. The Morgan fingerprint density at radius 1 is 1.04 bits per heavy atom. The number of rotatable bonds is 7. The monoisotopic (exact) mass is 336 g/mol. The maximum Gasteiger partial charge on any atom is 0.303 e. The molecule has 0 aromatic heterocycles. The van der Waals surface area contributed by atoms with Crippen LogP contribution >= 0.6 is 0 Å². The summed E-state index contributed by atoms with van der Waals surface area (Å²) in [4.78, 5) is 22.6. The number of hydrogen-bond acceptors (Lipinski definition) is 9. The molecule has 0 bridgehead atoms. The van der Waals surface area contributed by atoms with E-state index in [0.717, 1.165) is 0 Å². The van der Waals surface area contributed by atoms with Crippen LogP contribution in [0, 0.1) is 0 Å². The second-order valence-electron chi connectivity index (χ2n) is 5.07. The van der Waals surface area contributed by atoms with Gasteiger partial charge >= 0.3 is 11.9 Å². The Hall–Kier alpha value is -1.26. The van der Waals surface area contributed by atoms with Gasteiger partial charge in [0.25, 0.3) is 0 Å². The van der Waals surface area contributed by atoms with E-state index in [1.54, 1.807) is 0 Å². The first-order valence-electron chi connectivity index (χ1n) is 7.08. The molecular formula is C14H24O9. The van der Waals surface area contributed by atoms with E-state index in [1.807, 2.05) is 0 Å². The number of carbonyl (C=O) groups excluding carboxylic acids is 2. The Labute approximate surface area is 134 Å². The van der Waals surface area contributed by atoms with Crippen LogP contribution in [0.15, 0.2) is 0 Å². The quantitative estimate of drug-likeness (QED) is 0.600. The lowest BCUT2D eigenvalue weighted by atomic mass is 9.94. The summed E-state index contributed by atoms with van der Waals surface area (Å²) in [6.45, 7) is 2.56. The Kier molecular flexibility index (Phi) is 7.86. The van der Waals surface area contributed by atoms with Crippen molar-refractivity contribution in [3.05, 3.63) is 0 Å². The summed E-state index contributed by atoms with van der Waals surface area (Å²) in [6, 6.07) is 0. The maximum absolute atomic E-state index is 11.4. The first kappa shape index (κ1) is 19.8. The smallest absolute Gasteiger partial charge is 0.303 e. The lowest BCUT2D eigenvalue weighted by Crippen LogP contribution is -2.64. The summed E-state index contributed by atoms with van der Waals surface area (Å²) in [6.07, 6.45) is -5.98. The molecule has 1 aliphatic rings. The van der Waals surface area contributed by atoms with E-state index in [9.17, 15) is 14.7 Å². The largest absolute Gasteiger partial charge is 0.457 e. The lowest BCUT2D eigenvalue weighted by molar-refractivity contribution is -0.308. The minimum atomic E-state index is -1.46. The summed E-state index contributed by atoms with van der Waals surface area (Å²) in [5, 5.41) is 10.1. The molecule has 0 radical (unpaired) electrons. The van der Waals surface area contributed by atoms with E-state index in [1.165, 1.54) is 35.2 Å². The fourth-order valence-corrected chi connectivity index (χ4v) is 2.52. The van der Waals surface area contributed by atoms with Crippen molar-refractivity contribution in [2.45, 2.75) is 50.7 Å². The van der Waals surface area contributed by atoms with Crippen LogP contribution in [0.25, 0.3) is 0 Å². The molecule has 0 aromatic rings. The van der Waals surface area contributed by atoms with Crippen molar-refractivity contribution < 1.29 is 43.1 Å². The van der Waals surface area contributed by atoms with Crippen LogP contribution in [0.3, 0.4) is 0 Å². The molecule has 0 amide bonds. The highest BCUT2D eigenvalue weighted by Gasteiger charge is 2.52. The van der Waals surface area contributed by atoms with E-state index in [4.69, 9.17) is 28.4 Å². The number of carbonyl (C=O) groups is 2. The lowest BCUT2D eigenvalue weighted by Gasteiger charge is -2.44. The molecule has 1 saturated heterocycles. The van der Waals surface area contributed by atoms with Crippen molar-refractivity contribution in [1.82, 2.24) is 0 Å². The topological polar surface area (TPSA) is 110 Å². The van der Waals surface area contributed by atoms with Crippen LogP contribution < -0.4 is 0 Å². The van der Waals surface area contributed by atoms with Gasteiger partial charge in [-0.3, -0.25) is 9.59 Å². The molecular weight excluding hydrogens is 312 g/mol. The summed E-state index contributed by atoms with van der Waals surface area (Å²) in [5.41, 5.74) is 0. The van der Waals surface area contributed by atoms with Crippen molar-refractivity contribution in [3.63, 3.8) is 0 Å². The number of aliphatic hydroxyl groups is 1. The average Bonchev–Trinajstić information content (AvgIpc) is 2.47.